The summed E-state index contributed by atoms with van der Waals surface area (Å²) in [6, 6.07) is 1.03. The van der Waals surface area contributed by atoms with Crippen molar-refractivity contribution in [3.8, 4) is 0 Å². The van der Waals surface area contributed by atoms with Crippen LogP contribution in [0, 0.1) is 5.41 Å². The number of nitrogens with one attached hydrogen (secondary N) is 3. The van der Waals surface area contributed by atoms with Crippen molar-refractivity contribution in [1.29, 1.82) is 0 Å². The van der Waals surface area contributed by atoms with Gasteiger partial charge in [0.05, 0.1) is 5.41 Å². The van der Waals surface area contributed by atoms with E-state index in [0.717, 1.165) is 19.0 Å². The van der Waals surface area contributed by atoms with E-state index in [1.54, 1.807) is 7.05 Å². The van der Waals surface area contributed by atoms with Crippen molar-refractivity contribution in [2.24, 2.45) is 10.4 Å². The van der Waals surface area contributed by atoms with Gasteiger partial charge >= 0.3 is 0 Å². The summed E-state index contributed by atoms with van der Waals surface area (Å²) in [6.07, 6.45) is 0. The van der Waals surface area contributed by atoms with Gasteiger partial charge in [-0.25, -0.2) is 0 Å². The summed E-state index contributed by atoms with van der Waals surface area (Å²) in [5.74, 6) is 0.781. The summed E-state index contributed by atoms with van der Waals surface area (Å²) in [7, 11) is 1.75. The monoisotopic (exact) mass is 455 g/mol. The maximum atomic E-state index is 12.0. The number of guanidine groups is 1. The van der Waals surface area contributed by atoms with E-state index in [1.165, 1.54) is 0 Å². The fourth-order valence-corrected chi connectivity index (χ4v) is 2.42. The van der Waals surface area contributed by atoms with Crippen molar-refractivity contribution in [2.75, 3.05) is 33.2 Å². The van der Waals surface area contributed by atoms with Gasteiger partial charge in [-0.1, -0.05) is 0 Å². The van der Waals surface area contributed by atoms with Crippen LogP contribution >= 0.6 is 24.0 Å². The van der Waals surface area contributed by atoms with Gasteiger partial charge in [0.2, 0.25) is 5.91 Å². The minimum atomic E-state index is -0.477. The third kappa shape index (κ3) is 9.66. The third-order valence-corrected chi connectivity index (χ3v) is 3.86. The molecule has 1 amide bonds. The molecule has 0 aliphatic heterocycles. The topological polar surface area (TPSA) is 68.8 Å². The standard InChI is InChI=1S/C17H37N5O.HI/c1-9-19-15(23)17(6,7)12-21-16(18-8)20-10-11-22(13(2)3)14(4)5;/h13-14H,9-12H2,1-8H3,(H,19,23)(H2,18,20,21);1H. The Morgan fingerprint density at radius 1 is 1.08 bits per heavy atom. The molecule has 0 heterocycles. The second kappa shape index (κ2) is 12.7. The van der Waals surface area contributed by atoms with E-state index in [9.17, 15) is 4.79 Å². The summed E-state index contributed by atoms with van der Waals surface area (Å²) in [4.78, 5) is 18.7. The van der Waals surface area contributed by atoms with Crippen molar-refractivity contribution >= 4 is 35.8 Å². The molecule has 0 rings (SSSR count). The van der Waals surface area contributed by atoms with Gasteiger partial charge in [0.25, 0.3) is 0 Å². The Morgan fingerprint density at radius 3 is 2.04 bits per heavy atom. The molecule has 0 atom stereocenters. The Hall–Kier alpha value is -0.570. The maximum Gasteiger partial charge on any atom is 0.227 e. The molecule has 6 nitrogen and oxygen atoms in total. The summed E-state index contributed by atoms with van der Waals surface area (Å²) >= 11 is 0. The Bertz CT molecular complexity index is 375. The van der Waals surface area contributed by atoms with Gasteiger partial charge in [-0.05, 0) is 48.5 Å². The first-order valence-corrected chi connectivity index (χ1v) is 8.64. The van der Waals surface area contributed by atoms with Gasteiger partial charge in [0.1, 0.15) is 0 Å². The number of aliphatic imine (C=N–C) groups is 1. The zero-order chi connectivity index (χ0) is 18.0. The Balaban J connectivity index is 0. The van der Waals surface area contributed by atoms with Gasteiger partial charge in [-0.2, -0.15) is 0 Å². The lowest BCUT2D eigenvalue weighted by molar-refractivity contribution is -0.128. The predicted molar refractivity (Wildman–Crippen MR) is 114 cm³/mol. The lowest BCUT2D eigenvalue weighted by atomic mass is 9.92. The van der Waals surface area contributed by atoms with E-state index in [4.69, 9.17) is 0 Å². The van der Waals surface area contributed by atoms with Crippen molar-refractivity contribution in [2.45, 2.75) is 60.5 Å². The van der Waals surface area contributed by atoms with E-state index >= 15 is 0 Å². The fourth-order valence-electron chi connectivity index (χ4n) is 2.42. The number of carbonyl (C=O) groups is 1. The number of hydrogen-bond donors (Lipinski definition) is 3. The molecular weight excluding hydrogens is 417 g/mol. The molecule has 0 aliphatic rings. The Labute approximate surface area is 165 Å². The first-order valence-electron chi connectivity index (χ1n) is 8.64. The molecule has 24 heavy (non-hydrogen) atoms. The van der Waals surface area contributed by atoms with Crippen LogP contribution < -0.4 is 16.0 Å². The lowest BCUT2D eigenvalue weighted by Crippen LogP contribution is -2.49. The molecule has 0 bridgehead atoms. The number of carbonyl (C=O) groups excluding carboxylic acids is 1. The SMILES string of the molecule is CCNC(=O)C(C)(C)CNC(=NC)NCCN(C(C)C)C(C)C.I. The first kappa shape index (κ1) is 25.7. The molecule has 0 spiro atoms. The van der Waals surface area contributed by atoms with Gasteiger partial charge in [-0.3, -0.25) is 14.7 Å². The van der Waals surface area contributed by atoms with E-state index in [-0.39, 0.29) is 29.9 Å². The molecule has 0 aromatic heterocycles. The van der Waals surface area contributed by atoms with E-state index in [1.807, 2.05) is 20.8 Å². The average Bonchev–Trinajstić information content (AvgIpc) is 2.45. The zero-order valence-electron chi connectivity index (χ0n) is 16.7. The smallest absolute Gasteiger partial charge is 0.227 e. The van der Waals surface area contributed by atoms with E-state index < -0.39 is 5.41 Å². The molecule has 3 N–H and O–H groups in total. The molecule has 0 aromatic carbocycles. The largest absolute Gasteiger partial charge is 0.356 e. The molecular formula is C17H38IN5O. The molecule has 7 heteroatoms. The minimum Gasteiger partial charge on any atom is -0.356 e. The molecule has 0 unspecified atom stereocenters. The zero-order valence-corrected chi connectivity index (χ0v) is 19.0. The molecule has 0 saturated heterocycles. The molecule has 0 saturated carbocycles. The average molecular weight is 455 g/mol. The molecule has 0 aromatic rings. The van der Waals surface area contributed by atoms with Gasteiger partial charge in [0, 0.05) is 45.3 Å². The number of amides is 1. The summed E-state index contributed by atoms with van der Waals surface area (Å²) < 4.78 is 0. The van der Waals surface area contributed by atoms with Crippen LogP contribution in [0.2, 0.25) is 0 Å². The number of rotatable bonds is 9. The highest BCUT2D eigenvalue weighted by Crippen LogP contribution is 2.13. The van der Waals surface area contributed by atoms with Crippen LogP contribution in [-0.4, -0.2) is 62.1 Å². The predicted octanol–water partition coefficient (Wildman–Crippen LogP) is 2.05. The maximum absolute atomic E-state index is 12.0. The number of hydrogen-bond acceptors (Lipinski definition) is 3. The van der Waals surface area contributed by atoms with Crippen LogP contribution in [0.3, 0.4) is 0 Å². The van der Waals surface area contributed by atoms with Crippen molar-refractivity contribution < 1.29 is 4.79 Å². The molecule has 0 radical (unpaired) electrons. The van der Waals surface area contributed by atoms with E-state index in [2.05, 4.69) is 53.5 Å². The highest BCUT2D eigenvalue weighted by Gasteiger charge is 2.27. The second-order valence-corrected chi connectivity index (χ2v) is 7.02. The van der Waals surface area contributed by atoms with Crippen molar-refractivity contribution in [3.63, 3.8) is 0 Å². The summed E-state index contributed by atoms with van der Waals surface area (Å²) in [5.41, 5.74) is -0.477. The van der Waals surface area contributed by atoms with Crippen molar-refractivity contribution in [3.05, 3.63) is 0 Å². The fraction of sp³-hybridized carbons (Fsp3) is 0.882. The quantitative estimate of drug-likeness (QED) is 0.283. The molecule has 0 aliphatic carbocycles. The first-order chi connectivity index (χ1) is 10.7. The van der Waals surface area contributed by atoms with Crippen LogP contribution in [0.1, 0.15) is 48.5 Å². The van der Waals surface area contributed by atoms with Crippen LogP contribution in [0.4, 0.5) is 0 Å². The van der Waals surface area contributed by atoms with Crippen LogP contribution in [0.15, 0.2) is 4.99 Å². The highest BCUT2D eigenvalue weighted by molar-refractivity contribution is 14.0. The second-order valence-electron chi connectivity index (χ2n) is 7.02. The van der Waals surface area contributed by atoms with Crippen molar-refractivity contribution in [1.82, 2.24) is 20.9 Å². The third-order valence-electron chi connectivity index (χ3n) is 3.86. The Morgan fingerprint density at radius 2 is 1.62 bits per heavy atom. The van der Waals surface area contributed by atoms with E-state index in [0.29, 0.717) is 25.2 Å². The van der Waals surface area contributed by atoms with Gasteiger partial charge in [-0.15, -0.1) is 24.0 Å². The molecule has 144 valence electrons. The van der Waals surface area contributed by atoms with Crippen LogP contribution in [0.25, 0.3) is 0 Å². The normalized spacial score (nSPS) is 12.4. The highest BCUT2D eigenvalue weighted by atomic mass is 127. The summed E-state index contributed by atoms with van der Waals surface area (Å²) in [5, 5.41) is 9.42. The number of nitrogens with zero attached hydrogens (tertiary/aromatic N) is 2. The van der Waals surface area contributed by atoms with Gasteiger partial charge in [0.15, 0.2) is 5.96 Å². The Kier molecular flexibility index (Phi) is 13.6. The van der Waals surface area contributed by atoms with Crippen LogP contribution in [0.5, 0.6) is 0 Å². The molecule has 0 fully saturated rings. The lowest BCUT2D eigenvalue weighted by Gasteiger charge is -2.31. The van der Waals surface area contributed by atoms with Gasteiger partial charge < -0.3 is 16.0 Å². The number of halogens is 1. The summed E-state index contributed by atoms with van der Waals surface area (Å²) in [6.45, 7) is 17.6. The minimum absolute atomic E-state index is 0. The van der Waals surface area contributed by atoms with Crippen LogP contribution in [-0.2, 0) is 4.79 Å².